The summed E-state index contributed by atoms with van der Waals surface area (Å²) >= 11 is 0. The Bertz CT molecular complexity index is 1310. The van der Waals surface area contributed by atoms with Gasteiger partial charge < -0.3 is 0 Å². The summed E-state index contributed by atoms with van der Waals surface area (Å²) in [6.07, 6.45) is 3.55. The highest BCUT2D eigenvalue weighted by Gasteiger charge is 2.12. The highest BCUT2D eigenvalue weighted by Crippen LogP contribution is 2.28. The van der Waals surface area contributed by atoms with E-state index in [0.717, 1.165) is 44.3 Å². The number of hydrogen-bond donors (Lipinski definition) is 0. The van der Waals surface area contributed by atoms with Gasteiger partial charge in [-0.3, -0.25) is 9.97 Å². The second-order valence-electron chi connectivity index (χ2n) is 6.78. The van der Waals surface area contributed by atoms with Crippen molar-refractivity contribution in [3.05, 3.63) is 84.1 Å². The number of aromatic nitrogens is 5. The first-order valence-electron chi connectivity index (χ1n) is 8.97. The smallest absolute Gasteiger partial charge is 0.132 e. The number of rotatable bonds is 3. The van der Waals surface area contributed by atoms with Crippen molar-refractivity contribution < 1.29 is 4.39 Å². The quantitative estimate of drug-likeness (QED) is 0.469. The topological polar surface area (TPSA) is 56.5 Å². The summed E-state index contributed by atoms with van der Waals surface area (Å²) in [5.74, 6) is -0.251. The van der Waals surface area contributed by atoms with Crippen LogP contribution in [0.15, 0.2) is 67.0 Å². The number of benzene rings is 2. The lowest BCUT2D eigenvalue weighted by molar-refractivity contribution is 0.624. The molecule has 5 nitrogen and oxygen atoms in total. The van der Waals surface area contributed by atoms with E-state index in [-0.39, 0.29) is 5.82 Å². The molecule has 136 valence electrons. The molecule has 3 aromatic heterocycles. The molecule has 5 rings (SSSR count). The van der Waals surface area contributed by atoms with E-state index in [1.807, 2.05) is 29.9 Å². The molecule has 0 saturated carbocycles. The molecule has 0 radical (unpaired) electrons. The van der Waals surface area contributed by atoms with Gasteiger partial charge in [-0.2, -0.15) is 0 Å². The minimum atomic E-state index is -0.251. The van der Waals surface area contributed by atoms with Crippen LogP contribution in [-0.2, 0) is 6.54 Å². The zero-order valence-electron chi connectivity index (χ0n) is 15.2. The predicted molar refractivity (Wildman–Crippen MR) is 106 cm³/mol. The van der Waals surface area contributed by atoms with Crippen molar-refractivity contribution in [3.8, 4) is 11.1 Å². The molecule has 2 aromatic carbocycles. The first-order chi connectivity index (χ1) is 13.7. The maximum absolute atomic E-state index is 13.2. The molecule has 0 aliphatic carbocycles. The van der Waals surface area contributed by atoms with E-state index in [4.69, 9.17) is 0 Å². The third-order valence-corrected chi connectivity index (χ3v) is 4.81. The maximum Gasteiger partial charge on any atom is 0.132 e. The van der Waals surface area contributed by atoms with E-state index in [0.29, 0.717) is 6.54 Å². The Morgan fingerprint density at radius 2 is 1.71 bits per heavy atom. The minimum Gasteiger partial charge on any atom is -0.262 e. The monoisotopic (exact) mass is 369 g/mol. The predicted octanol–water partition coefficient (Wildman–Crippen LogP) is 4.54. The van der Waals surface area contributed by atoms with E-state index in [9.17, 15) is 4.39 Å². The first-order valence-corrected chi connectivity index (χ1v) is 8.97. The Labute approximate surface area is 160 Å². The Kier molecular flexibility index (Phi) is 3.83. The van der Waals surface area contributed by atoms with Gasteiger partial charge in [-0.15, -0.1) is 5.10 Å². The summed E-state index contributed by atoms with van der Waals surface area (Å²) in [6, 6.07) is 16.7. The highest BCUT2D eigenvalue weighted by molar-refractivity contribution is 6.03. The van der Waals surface area contributed by atoms with Crippen LogP contribution < -0.4 is 0 Å². The van der Waals surface area contributed by atoms with Crippen molar-refractivity contribution in [2.24, 2.45) is 0 Å². The number of fused-ring (bicyclic) bond motifs is 3. The second kappa shape index (κ2) is 6.49. The average Bonchev–Trinajstić information content (AvgIpc) is 3.12. The van der Waals surface area contributed by atoms with Crippen LogP contribution in [0.25, 0.3) is 33.1 Å². The third-order valence-electron chi connectivity index (χ3n) is 4.81. The molecule has 0 unspecified atom stereocenters. The van der Waals surface area contributed by atoms with E-state index in [1.54, 1.807) is 18.3 Å². The van der Waals surface area contributed by atoms with Gasteiger partial charge in [-0.25, -0.2) is 9.07 Å². The largest absolute Gasteiger partial charge is 0.262 e. The Morgan fingerprint density at radius 3 is 2.54 bits per heavy atom. The van der Waals surface area contributed by atoms with Crippen LogP contribution in [0.1, 0.15) is 11.3 Å². The summed E-state index contributed by atoms with van der Waals surface area (Å²) in [6.45, 7) is 2.49. The number of hydrogen-bond acceptors (Lipinski definition) is 4. The van der Waals surface area contributed by atoms with E-state index < -0.39 is 0 Å². The van der Waals surface area contributed by atoms with Crippen LogP contribution >= 0.6 is 0 Å². The van der Waals surface area contributed by atoms with Gasteiger partial charge in [0, 0.05) is 17.3 Å². The Morgan fingerprint density at radius 1 is 0.893 bits per heavy atom. The van der Waals surface area contributed by atoms with Crippen molar-refractivity contribution in [2.45, 2.75) is 13.5 Å². The van der Waals surface area contributed by atoms with Crippen molar-refractivity contribution in [2.75, 3.05) is 0 Å². The molecule has 0 amide bonds. The number of aryl methyl sites for hydroxylation is 1. The molecular weight excluding hydrogens is 353 g/mol. The molecule has 0 N–H and O–H groups in total. The lowest BCUT2D eigenvalue weighted by atomic mass is 10.0. The maximum atomic E-state index is 13.2. The van der Waals surface area contributed by atoms with Crippen molar-refractivity contribution in [3.63, 3.8) is 0 Å². The fourth-order valence-corrected chi connectivity index (χ4v) is 3.44. The molecule has 3 heterocycles. The lowest BCUT2D eigenvalue weighted by Crippen LogP contribution is -2.02. The summed E-state index contributed by atoms with van der Waals surface area (Å²) in [5.41, 5.74) is 6.64. The van der Waals surface area contributed by atoms with E-state index in [2.05, 4.69) is 38.5 Å². The zero-order valence-corrected chi connectivity index (χ0v) is 15.2. The Balaban J connectivity index is 1.68. The summed E-state index contributed by atoms with van der Waals surface area (Å²) in [5, 5.41) is 9.55. The molecule has 0 bridgehead atoms. The van der Waals surface area contributed by atoms with Gasteiger partial charge in [0.05, 0.1) is 18.3 Å². The lowest BCUT2D eigenvalue weighted by Gasteiger charge is -2.08. The van der Waals surface area contributed by atoms with Gasteiger partial charge in [0.15, 0.2) is 0 Å². The van der Waals surface area contributed by atoms with Gasteiger partial charge in [0.2, 0.25) is 0 Å². The van der Waals surface area contributed by atoms with Gasteiger partial charge in [-0.05, 0) is 60.0 Å². The SMILES string of the molecule is Cc1cc(-c2ccc3ncc4nnn(Cc5ccc(F)cc5)c4c3c2)ccn1. The standard InChI is InChI=1S/C22H16FN5/c1-14-10-17(8-9-24-14)16-4-7-20-19(11-16)22-21(12-25-20)26-27-28(22)13-15-2-5-18(23)6-3-15/h2-12H,13H2,1H3. The van der Waals surface area contributed by atoms with Crippen LogP contribution in [0, 0.1) is 12.7 Å². The van der Waals surface area contributed by atoms with Gasteiger partial charge in [0.1, 0.15) is 16.9 Å². The number of nitrogens with zero attached hydrogens (tertiary/aromatic N) is 5. The van der Waals surface area contributed by atoms with E-state index >= 15 is 0 Å². The van der Waals surface area contributed by atoms with Gasteiger partial charge in [0.25, 0.3) is 0 Å². The fraction of sp³-hybridized carbons (Fsp3) is 0.0909. The molecule has 28 heavy (non-hydrogen) atoms. The second-order valence-corrected chi connectivity index (χ2v) is 6.78. The average molecular weight is 369 g/mol. The molecule has 0 spiro atoms. The highest BCUT2D eigenvalue weighted by atomic mass is 19.1. The summed E-state index contributed by atoms with van der Waals surface area (Å²) in [7, 11) is 0. The Hall–Kier alpha value is -3.67. The molecule has 0 aliphatic heterocycles. The van der Waals surface area contributed by atoms with E-state index in [1.165, 1.54) is 12.1 Å². The first kappa shape index (κ1) is 16.5. The summed E-state index contributed by atoms with van der Waals surface area (Å²) < 4.78 is 15.1. The molecule has 0 saturated heterocycles. The van der Waals surface area contributed by atoms with Crippen molar-refractivity contribution in [1.82, 2.24) is 25.0 Å². The zero-order chi connectivity index (χ0) is 19.1. The van der Waals surface area contributed by atoms with Crippen LogP contribution in [0.4, 0.5) is 4.39 Å². The van der Waals surface area contributed by atoms with Crippen molar-refractivity contribution >= 4 is 21.9 Å². The van der Waals surface area contributed by atoms with Crippen LogP contribution in [0.2, 0.25) is 0 Å². The van der Waals surface area contributed by atoms with Crippen LogP contribution in [0.5, 0.6) is 0 Å². The van der Waals surface area contributed by atoms with Gasteiger partial charge >= 0.3 is 0 Å². The van der Waals surface area contributed by atoms with Crippen LogP contribution in [0.3, 0.4) is 0 Å². The number of pyridine rings is 2. The molecule has 0 atom stereocenters. The number of halogens is 1. The molecule has 0 aliphatic rings. The molecule has 5 aromatic rings. The molecule has 0 fully saturated rings. The van der Waals surface area contributed by atoms with Crippen LogP contribution in [-0.4, -0.2) is 25.0 Å². The van der Waals surface area contributed by atoms with Crippen molar-refractivity contribution in [1.29, 1.82) is 0 Å². The fourth-order valence-electron chi connectivity index (χ4n) is 3.44. The molecule has 6 heteroatoms. The van der Waals surface area contributed by atoms with Gasteiger partial charge in [-0.1, -0.05) is 23.4 Å². The summed E-state index contributed by atoms with van der Waals surface area (Å²) in [4.78, 5) is 8.79. The minimum absolute atomic E-state index is 0.251. The molecular formula is C22H16FN5. The normalized spacial score (nSPS) is 11.4. The third kappa shape index (κ3) is 2.89.